The summed E-state index contributed by atoms with van der Waals surface area (Å²) in [6.45, 7) is 0.879. The Kier molecular flexibility index (Phi) is 6.71. The monoisotopic (exact) mass is 470 g/mol. The van der Waals surface area contributed by atoms with E-state index >= 15 is 0 Å². The van der Waals surface area contributed by atoms with Gasteiger partial charge in [-0.05, 0) is 30.3 Å². The van der Waals surface area contributed by atoms with Crippen molar-refractivity contribution in [2.45, 2.75) is 17.7 Å². The minimum Gasteiger partial charge on any atom is -0.490 e. The number of hydrogen-bond acceptors (Lipinski definition) is 7. The van der Waals surface area contributed by atoms with Crippen LogP contribution in [0.5, 0.6) is 11.5 Å². The standard InChI is InChI=1S/C22H22N4O6S/c27-21(24-16-4-1-3-15(13-16)18-6-8-22(28)26-25-18)9-10-23-33(29,30)17-5-7-19-20(14-17)32-12-2-11-31-19/h1,3-8,13-14,23H,2,9-12H2,(H,24,27)(H,26,28). The molecular formula is C22H22N4O6S. The molecule has 10 nitrogen and oxygen atoms in total. The molecule has 2 heterocycles. The number of benzene rings is 2. The largest absolute Gasteiger partial charge is 0.490 e. The summed E-state index contributed by atoms with van der Waals surface area (Å²) in [5, 5.41) is 9.05. The highest BCUT2D eigenvalue weighted by Gasteiger charge is 2.19. The van der Waals surface area contributed by atoms with E-state index in [0.717, 1.165) is 0 Å². The fourth-order valence-electron chi connectivity index (χ4n) is 3.18. The molecule has 0 aliphatic carbocycles. The Morgan fingerprint density at radius 1 is 1.03 bits per heavy atom. The fourth-order valence-corrected chi connectivity index (χ4v) is 4.22. The third-order valence-corrected chi connectivity index (χ3v) is 6.25. The number of hydrogen-bond donors (Lipinski definition) is 3. The average Bonchev–Trinajstić information content (AvgIpc) is 3.04. The number of sulfonamides is 1. The average molecular weight is 471 g/mol. The number of carbonyl (C=O) groups is 1. The summed E-state index contributed by atoms with van der Waals surface area (Å²) < 4.78 is 38.7. The molecule has 0 saturated carbocycles. The maximum Gasteiger partial charge on any atom is 0.264 e. The second-order valence-corrected chi connectivity index (χ2v) is 9.01. The molecule has 3 aromatic rings. The van der Waals surface area contributed by atoms with Gasteiger partial charge in [-0.2, -0.15) is 5.10 Å². The molecule has 2 aromatic carbocycles. The van der Waals surface area contributed by atoms with Crippen LogP contribution < -0.4 is 25.1 Å². The van der Waals surface area contributed by atoms with Crippen molar-refractivity contribution in [1.29, 1.82) is 0 Å². The molecule has 4 rings (SSSR count). The van der Waals surface area contributed by atoms with E-state index in [0.29, 0.717) is 48.1 Å². The predicted molar refractivity (Wildman–Crippen MR) is 121 cm³/mol. The van der Waals surface area contributed by atoms with Crippen molar-refractivity contribution in [3.63, 3.8) is 0 Å². The van der Waals surface area contributed by atoms with Crippen molar-refractivity contribution in [2.24, 2.45) is 0 Å². The number of fused-ring (bicyclic) bond motifs is 1. The number of anilines is 1. The summed E-state index contributed by atoms with van der Waals surface area (Å²) in [6.07, 6.45) is 0.652. The number of carbonyl (C=O) groups excluding carboxylic acids is 1. The quantitative estimate of drug-likeness (QED) is 0.479. The van der Waals surface area contributed by atoms with Gasteiger partial charge in [0.2, 0.25) is 15.9 Å². The fraction of sp³-hybridized carbons (Fsp3) is 0.227. The van der Waals surface area contributed by atoms with Gasteiger partial charge in [-0.3, -0.25) is 9.59 Å². The van der Waals surface area contributed by atoms with Crippen LogP contribution in [0.25, 0.3) is 11.3 Å². The predicted octanol–water partition coefficient (Wildman–Crippen LogP) is 1.91. The zero-order chi connectivity index (χ0) is 23.3. The Balaban J connectivity index is 1.34. The molecule has 1 aliphatic heterocycles. The zero-order valence-electron chi connectivity index (χ0n) is 17.5. The maximum atomic E-state index is 12.6. The highest BCUT2D eigenvalue weighted by molar-refractivity contribution is 7.89. The Morgan fingerprint density at radius 3 is 2.64 bits per heavy atom. The lowest BCUT2D eigenvalue weighted by Crippen LogP contribution is -2.27. The number of amides is 1. The molecule has 0 spiro atoms. The normalized spacial score (nSPS) is 13.2. The second kappa shape index (κ2) is 9.84. The van der Waals surface area contributed by atoms with Crippen LogP contribution in [0.15, 0.2) is 64.3 Å². The third-order valence-electron chi connectivity index (χ3n) is 4.79. The summed E-state index contributed by atoms with van der Waals surface area (Å²) in [7, 11) is -3.82. The molecule has 172 valence electrons. The topological polar surface area (TPSA) is 139 Å². The molecule has 1 aliphatic rings. The van der Waals surface area contributed by atoms with Gasteiger partial charge in [0.1, 0.15) is 0 Å². The molecule has 0 saturated heterocycles. The minimum absolute atomic E-state index is 0.0354. The van der Waals surface area contributed by atoms with Crippen LogP contribution in [0.3, 0.4) is 0 Å². The lowest BCUT2D eigenvalue weighted by Gasteiger charge is -2.11. The van der Waals surface area contributed by atoms with E-state index in [9.17, 15) is 18.0 Å². The van der Waals surface area contributed by atoms with E-state index in [-0.39, 0.29) is 29.3 Å². The van der Waals surface area contributed by atoms with Gasteiger partial charge in [0.25, 0.3) is 5.56 Å². The summed E-state index contributed by atoms with van der Waals surface area (Å²) in [5.41, 5.74) is 1.47. The van der Waals surface area contributed by atoms with Crippen molar-refractivity contribution in [3.8, 4) is 22.8 Å². The Labute approximate surface area is 190 Å². The van der Waals surface area contributed by atoms with E-state index in [1.807, 2.05) is 0 Å². The van der Waals surface area contributed by atoms with Crippen LogP contribution in [0.1, 0.15) is 12.8 Å². The summed E-state index contributed by atoms with van der Waals surface area (Å²) in [6, 6.07) is 14.3. The lowest BCUT2D eigenvalue weighted by molar-refractivity contribution is -0.116. The summed E-state index contributed by atoms with van der Waals surface area (Å²) >= 11 is 0. The van der Waals surface area contributed by atoms with Crippen LogP contribution >= 0.6 is 0 Å². The summed E-state index contributed by atoms with van der Waals surface area (Å²) in [5.74, 6) is 0.526. The van der Waals surface area contributed by atoms with Crippen molar-refractivity contribution in [1.82, 2.24) is 14.9 Å². The van der Waals surface area contributed by atoms with Crippen molar-refractivity contribution < 1.29 is 22.7 Å². The van der Waals surface area contributed by atoms with Crippen LogP contribution in [0.2, 0.25) is 0 Å². The highest BCUT2D eigenvalue weighted by atomic mass is 32.2. The molecule has 0 radical (unpaired) electrons. The van der Waals surface area contributed by atoms with E-state index in [4.69, 9.17) is 9.47 Å². The first-order valence-corrected chi connectivity index (χ1v) is 11.7. The molecule has 0 unspecified atom stereocenters. The van der Waals surface area contributed by atoms with Gasteiger partial charge < -0.3 is 14.8 Å². The zero-order valence-corrected chi connectivity index (χ0v) is 18.4. The molecule has 1 amide bonds. The molecule has 0 atom stereocenters. The van der Waals surface area contributed by atoms with Crippen molar-refractivity contribution in [2.75, 3.05) is 25.1 Å². The smallest absolute Gasteiger partial charge is 0.264 e. The molecular weight excluding hydrogens is 448 g/mol. The van der Waals surface area contributed by atoms with E-state index < -0.39 is 10.0 Å². The third kappa shape index (κ3) is 5.76. The first kappa shape index (κ1) is 22.5. The van der Waals surface area contributed by atoms with Crippen LogP contribution in [-0.2, 0) is 14.8 Å². The van der Waals surface area contributed by atoms with Gasteiger partial charge in [0, 0.05) is 42.8 Å². The Morgan fingerprint density at radius 2 is 1.85 bits per heavy atom. The van der Waals surface area contributed by atoms with Crippen molar-refractivity contribution in [3.05, 3.63) is 65.0 Å². The second-order valence-electron chi connectivity index (χ2n) is 7.24. The van der Waals surface area contributed by atoms with Gasteiger partial charge >= 0.3 is 0 Å². The maximum absolute atomic E-state index is 12.6. The van der Waals surface area contributed by atoms with E-state index in [1.54, 1.807) is 36.4 Å². The lowest BCUT2D eigenvalue weighted by atomic mass is 10.1. The number of H-pyrrole nitrogens is 1. The number of nitrogens with one attached hydrogen (secondary N) is 3. The highest BCUT2D eigenvalue weighted by Crippen LogP contribution is 2.31. The molecule has 1 aromatic heterocycles. The van der Waals surface area contributed by atoms with Crippen LogP contribution in [0.4, 0.5) is 5.69 Å². The number of ether oxygens (including phenoxy) is 2. The molecule has 11 heteroatoms. The van der Waals surface area contributed by atoms with E-state index in [2.05, 4.69) is 20.2 Å². The Hall–Kier alpha value is -3.70. The summed E-state index contributed by atoms with van der Waals surface area (Å²) in [4.78, 5) is 23.5. The van der Waals surface area contributed by atoms with Gasteiger partial charge in [-0.1, -0.05) is 12.1 Å². The Bertz CT molecular complexity index is 1300. The minimum atomic E-state index is -3.82. The van der Waals surface area contributed by atoms with Crippen molar-refractivity contribution >= 4 is 21.6 Å². The first-order chi connectivity index (χ1) is 15.9. The molecule has 3 N–H and O–H groups in total. The molecule has 0 fully saturated rings. The number of rotatable bonds is 7. The molecule has 0 bridgehead atoms. The van der Waals surface area contributed by atoms with Gasteiger partial charge in [0.15, 0.2) is 11.5 Å². The van der Waals surface area contributed by atoms with Gasteiger partial charge in [-0.25, -0.2) is 18.2 Å². The van der Waals surface area contributed by atoms with Gasteiger partial charge in [0.05, 0.1) is 23.8 Å². The molecule has 33 heavy (non-hydrogen) atoms. The number of aromatic nitrogens is 2. The number of nitrogens with zero attached hydrogens (tertiary/aromatic N) is 1. The SMILES string of the molecule is O=C(CCNS(=O)(=O)c1ccc2c(c1)OCCCO2)Nc1cccc(-c2ccc(=O)[nH]n2)c1. The van der Waals surface area contributed by atoms with Crippen LogP contribution in [0, 0.1) is 0 Å². The van der Waals surface area contributed by atoms with Gasteiger partial charge in [-0.15, -0.1) is 0 Å². The first-order valence-electron chi connectivity index (χ1n) is 10.3. The van der Waals surface area contributed by atoms with E-state index in [1.165, 1.54) is 18.2 Å². The van der Waals surface area contributed by atoms with Crippen LogP contribution in [-0.4, -0.2) is 44.3 Å². The number of aromatic amines is 1.